The molecule has 0 unspecified atom stereocenters. The Hall–Kier alpha value is -2.58. The first kappa shape index (κ1) is 35.7. The number of hydrogen-bond donors (Lipinski definition) is 0. The predicted molar refractivity (Wildman–Crippen MR) is 193 cm³/mol. The summed E-state index contributed by atoms with van der Waals surface area (Å²) in [5, 5.41) is 0.537. The van der Waals surface area contributed by atoms with Crippen molar-refractivity contribution >= 4 is 39.1 Å². The Balaban J connectivity index is 1.56. The minimum atomic E-state index is -0.468. The Morgan fingerprint density at radius 1 is 0.787 bits per heavy atom. The highest BCUT2D eigenvalue weighted by atomic mass is 79.9. The van der Waals surface area contributed by atoms with E-state index in [4.69, 9.17) is 46.9 Å². The molecular formula is C39H43BrCl2O5. The van der Waals surface area contributed by atoms with Gasteiger partial charge in [0.2, 0.25) is 0 Å². The van der Waals surface area contributed by atoms with E-state index in [0.717, 1.165) is 44.5 Å². The van der Waals surface area contributed by atoms with Gasteiger partial charge >= 0.3 is 0 Å². The molecule has 0 radical (unpaired) electrons. The Morgan fingerprint density at radius 2 is 1.40 bits per heavy atom. The van der Waals surface area contributed by atoms with Crippen LogP contribution in [0.3, 0.4) is 0 Å². The van der Waals surface area contributed by atoms with Crippen LogP contribution in [0.4, 0.5) is 0 Å². The maximum absolute atomic E-state index is 7.08. The zero-order valence-corrected chi connectivity index (χ0v) is 30.3. The number of alkyl halides is 1. The quantitative estimate of drug-likeness (QED) is 0.114. The molecule has 0 saturated carbocycles. The Bertz CT molecular complexity index is 1540. The summed E-state index contributed by atoms with van der Waals surface area (Å²) in [5.41, 5.74) is 5.10. The molecule has 1 heterocycles. The van der Waals surface area contributed by atoms with Crippen LogP contribution >= 0.6 is 39.1 Å². The minimum Gasteiger partial charge on any atom is -0.494 e. The summed E-state index contributed by atoms with van der Waals surface area (Å²) < 4.78 is 33.1. The molecule has 0 spiro atoms. The van der Waals surface area contributed by atoms with Crippen LogP contribution in [0.1, 0.15) is 61.1 Å². The molecule has 1 saturated heterocycles. The molecule has 0 N–H and O–H groups in total. The summed E-state index contributed by atoms with van der Waals surface area (Å²) in [4.78, 5) is 0. The highest BCUT2D eigenvalue weighted by molar-refractivity contribution is 9.10. The topological polar surface area (TPSA) is 46.2 Å². The third-order valence-corrected chi connectivity index (χ3v) is 9.93. The molecule has 1 fully saturated rings. The lowest BCUT2D eigenvalue weighted by Gasteiger charge is -2.46. The van der Waals surface area contributed by atoms with E-state index in [0.29, 0.717) is 49.5 Å². The van der Waals surface area contributed by atoms with Crippen LogP contribution < -0.4 is 9.47 Å². The Kier molecular flexibility index (Phi) is 13.5. The second-order valence-electron chi connectivity index (χ2n) is 11.8. The van der Waals surface area contributed by atoms with Gasteiger partial charge in [-0.2, -0.15) is 0 Å². The first-order chi connectivity index (χ1) is 22.9. The standard InChI is InChI=1S/C39H43BrCl2O5/c1-4-33-26(3)36(45-24-28-12-8-6-9-13-28)39(46-25-29-14-10-7-11-15-29)37(47-33)32-23-30(35(42)38(34(32)40)44-21-20-41)22-27-16-18-31(19-17-27)43-5-2/h6-19,23,26,33,36-37,39H,4-5,20-22,24-25H2,1-3H3/t26-,33-,36+,37+,39-/m1/s1. The van der Waals surface area contributed by atoms with Crippen LogP contribution in [-0.2, 0) is 33.8 Å². The molecule has 4 aromatic rings. The molecule has 0 aliphatic carbocycles. The third-order valence-electron chi connectivity index (χ3n) is 8.54. The van der Waals surface area contributed by atoms with Crippen LogP contribution in [0.2, 0.25) is 5.02 Å². The largest absolute Gasteiger partial charge is 0.494 e. The second-order valence-corrected chi connectivity index (χ2v) is 13.3. The molecule has 1 aliphatic heterocycles. The first-order valence-electron chi connectivity index (χ1n) is 16.3. The normalized spacial score (nSPS) is 21.0. The molecule has 5 nitrogen and oxygen atoms in total. The molecule has 0 bridgehead atoms. The lowest BCUT2D eigenvalue weighted by atomic mass is 9.83. The monoisotopic (exact) mass is 740 g/mol. The molecule has 47 heavy (non-hydrogen) atoms. The van der Waals surface area contributed by atoms with E-state index in [1.165, 1.54) is 0 Å². The van der Waals surface area contributed by atoms with Crippen LogP contribution in [0.15, 0.2) is 95.5 Å². The lowest BCUT2D eigenvalue weighted by molar-refractivity contribution is -0.235. The highest BCUT2D eigenvalue weighted by Gasteiger charge is 2.46. The highest BCUT2D eigenvalue weighted by Crippen LogP contribution is 2.47. The fourth-order valence-corrected chi connectivity index (χ4v) is 7.25. The Labute approximate surface area is 297 Å². The van der Waals surface area contributed by atoms with Gasteiger partial charge < -0.3 is 23.7 Å². The fraction of sp³-hybridized carbons (Fsp3) is 0.385. The van der Waals surface area contributed by atoms with Crippen LogP contribution in [0.25, 0.3) is 0 Å². The average molecular weight is 743 g/mol. The maximum atomic E-state index is 7.08. The van der Waals surface area contributed by atoms with Crippen molar-refractivity contribution in [3.8, 4) is 11.5 Å². The molecule has 8 heteroatoms. The van der Waals surface area contributed by atoms with Gasteiger partial charge in [-0.3, -0.25) is 0 Å². The minimum absolute atomic E-state index is 0.0540. The molecule has 0 amide bonds. The summed E-state index contributed by atoms with van der Waals surface area (Å²) in [5.74, 6) is 1.79. The molecular weight excluding hydrogens is 699 g/mol. The molecule has 250 valence electrons. The van der Waals surface area contributed by atoms with E-state index in [9.17, 15) is 0 Å². The average Bonchev–Trinajstić information content (AvgIpc) is 3.10. The Morgan fingerprint density at radius 3 is 1.98 bits per heavy atom. The fourth-order valence-electron chi connectivity index (χ4n) is 6.13. The van der Waals surface area contributed by atoms with Crippen molar-refractivity contribution in [1.82, 2.24) is 0 Å². The van der Waals surface area contributed by atoms with Crippen molar-refractivity contribution in [2.24, 2.45) is 5.92 Å². The molecule has 5 atom stereocenters. The summed E-state index contributed by atoms with van der Waals surface area (Å²) in [6.07, 6.45) is 0.229. The predicted octanol–water partition coefficient (Wildman–Crippen LogP) is 10.4. The van der Waals surface area contributed by atoms with Gasteiger partial charge in [0.1, 0.15) is 24.6 Å². The van der Waals surface area contributed by atoms with E-state index in [-0.39, 0.29) is 18.1 Å². The van der Waals surface area contributed by atoms with E-state index >= 15 is 0 Å². The van der Waals surface area contributed by atoms with E-state index < -0.39 is 12.2 Å². The number of ether oxygens (including phenoxy) is 5. The maximum Gasteiger partial charge on any atom is 0.152 e. The van der Waals surface area contributed by atoms with Crippen molar-refractivity contribution in [1.29, 1.82) is 0 Å². The van der Waals surface area contributed by atoms with Crippen LogP contribution in [0.5, 0.6) is 11.5 Å². The van der Waals surface area contributed by atoms with Crippen molar-refractivity contribution in [3.05, 3.63) is 128 Å². The van der Waals surface area contributed by atoms with E-state index in [1.54, 1.807) is 0 Å². The van der Waals surface area contributed by atoms with Gasteiger partial charge in [-0.05, 0) is 76.1 Å². The molecule has 1 aliphatic rings. The van der Waals surface area contributed by atoms with Crippen molar-refractivity contribution in [2.75, 3.05) is 19.1 Å². The molecule has 5 rings (SSSR count). The smallest absolute Gasteiger partial charge is 0.152 e. The lowest BCUT2D eigenvalue weighted by Crippen LogP contribution is -2.51. The zero-order valence-electron chi connectivity index (χ0n) is 27.2. The van der Waals surface area contributed by atoms with E-state index in [2.05, 4.69) is 72.2 Å². The number of benzene rings is 4. The zero-order chi connectivity index (χ0) is 33.2. The SMILES string of the molecule is CCOc1ccc(Cc2cc([C@@H]3O[C@H](CC)[C@@H](C)[C@H](OCc4ccccc4)[C@H]3OCc3ccccc3)c(Br)c(OCCCl)c2Cl)cc1. The summed E-state index contributed by atoms with van der Waals surface area (Å²) in [6, 6.07) is 30.7. The second kappa shape index (κ2) is 17.7. The van der Waals surface area contributed by atoms with Gasteiger partial charge in [-0.25, -0.2) is 0 Å². The van der Waals surface area contributed by atoms with Crippen LogP contribution in [0, 0.1) is 5.92 Å². The molecule has 0 aromatic heterocycles. The van der Waals surface area contributed by atoms with Gasteiger partial charge in [0.25, 0.3) is 0 Å². The van der Waals surface area contributed by atoms with Crippen molar-refractivity contribution < 1.29 is 23.7 Å². The summed E-state index contributed by atoms with van der Waals surface area (Å²) >= 11 is 17.0. The van der Waals surface area contributed by atoms with Gasteiger partial charge in [0.15, 0.2) is 5.75 Å². The van der Waals surface area contributed by atoms with Crippen molar-refractivity contribution in [3.63, 3.8) is 0 Å². The number of rotatable bonds is 15. The van der Waals surface area contributed by atoms with Gasteiger partial charge in [0.05, 0.1) is 47.4 Å². The molecule has 4 aromatic carbocycles. The number of halogens is 3. The third kappa shape index (κ3) is 9.11. The van der Waals surface area contributed by atoms with Gasteiger partial charge in [-0.15, -0.1) is 11.6 Å². The summed E-state index contributed by atoms with van der Waals surface area (Å²) in [7, 11) is 0. The van der Waals surface area contributed by atoms with E-state index in [1.807, 2.05) is 55.5 Å². The first-order valence-corrected chi connectivity index (χ1v) is 18.0. The van der Waals surface area contributed by atoms with Gasteiger partial charge in [-0.1, -0.05) is 98.2 Å². The van der Waals surface area contributed by atoms with Crippen molar-refractivity contribution in [2.45, 2.75) is 71.2 Å². The van der Waals surface area contributed by atoms with Gasteiger partial charge in [0, 0.05) is 11.5 Å². The number of hydrogen-bond acceptors (Lipinski definition) is 5. The summed E-state index contributed by atoms with van der Waals surface area (Å²) in [6.45, 7) is 8.14. The van der Waals surface area contributed by atoms with Crippen LogP contribution in [-0.4, -0.2) is 37.4 Å².